The second-order valence-corrected chi connectivity index (χ2v) is 6.93. The van der Waals surface area contributed by atoms with Crippen molar-refractivity contribution in [3.05, 3.63) is 72.6 Å². The van der Waals surface area contributed by atoms with E-state index in [0.717, 1.165) is 34.5 Å². The molecule has 4 aromatic rings. The Morgan fingerprint density at radius 3 is 2.79 bits per heavy atom. The molecular weight excluding hydrogens is 356 g/mol. The third kappa shape index (κ3) is 2.35. The zero-order valence-corrected chi connectivity index (χ0v) is 15.0. The highest BCUT2D eigenvalue weighted by Crippen LogP contribution is 2.34. The zero-order valence-electron chi connectivity index (χ0n) is 15.0. The fraction of sp³-hybridized carbons (Fsp3) is 0.200. The van der Waals surface area contributed by atoms with Crippen LogP contribution in [0.4, 0.5) is 5.95 Å². The molecule has 1 aromatic carbocycles. The average Bonchev–Trinajstić information content (AvgIpc) is 3.48. The summed E-state index contributed by atoms with van der Waals surface area (Å²) in [5.41, 5.74) is 1.99. The van der Waals surface area contributed by atoms with Crippen molar-refractivity contribution in [1.82, 2.24) is 19.8 Å². The molecule has 8 nitrogen and oxygen atoms in total. The topological polar surface area (TPSA) is 75.0 Å². The van der Waals surface area contributed by atoms with Gasteiger partial charge in [0.25, 0.3) is 0 Å². The Hall–Kier alpha value is -3.52. The predicted molar refractivity (Wildman–Crippen MR) is 104 cm³/mol. The lowest BCUT2D eigenvalue weighted by molar-refractivity contribution is 0.241. The summed E-state index contributed by atoms with van der Waals surface area (Å²) >= 11 is 0. The third-order valence-corrected chi connectivity index (χ3v) is 5.13. The maximum absolute atomic E-state index is 5.71. The second-order valence-electron chi connectivity index (χ2n) is 6.93. The SMILES string of the molecule is c1coc(CN2CN=C3NC(c4ccco4)n4c(nc5ccccc54)N3C2)c1. The maximum Gasteiger partial charge on any atom is 0.216 e. The number of nitrogens with one attached hydrogen (secondary N) is 1. The number of furan rings is 2. The first-order valence-electron chi connectivity index (χ1n) is 9.20. The van der Waals surface area contributed by atoms with Crippen LogP contribution in [-0.2, 0) is 6.54 Å². The van der Waals surface area contributed by atoms with E-state index in [4.69, 9.17) is 18.8 Å². The van der Waals surface area contributed by atoms with Crippen LogP contribution in [0.15, 0.2) is 74.9 Å². The van der Waals surface area contributed by atoms with Gasteiger partial charge in [0.15, 0.2) is 6.17 Å². The molecule has 0 spiro atoms. The molecule has 0 amide bonds. The predicted octanol–water partition coefficient (Wildman–Crippen LogP) is 2.97. The molecule has 3 aromatic heterocycles. The molecule has 0 aliphatic carbocycles. The van der Waals surface area contributed by atoms with Crippen molar-refractivity contribution in [2.45, 2.75) is 12.7 Å². The van der Waals surface area contributed by atoms with E-state index >= 15 is 0 Å². The first-order valence-corrected chi connectivity index (χ1v) is 9.20. The fourth-order valence-electron chi connectivity index (χ4n) is 3.88. The number of imidazole rings is 1. The van der Waals surface area contributed by atoms with E-state index < -0.39 is 0 Å². The molecule has 0 bridgehead atoms. The number of rotatable bonds is 3. The summed E-state index contributed by atoms with van der Waals surface area (Å²) in [4.78, 5) is 14.0. The lowest BCUT2D eigenvalue weighted by Gasteiger charge is -2.40. The molecule has 0 saturated heterocycles. The molecule has 1 atom stereocenters. The first kappa shape index (κ1) is 15.5. The van der Waals surface area contributed by atoms with Crippen LogP contribution in [0.3, 0.4) is 0 Å². The normalized spacial score (nSPS) is 19.2. The summed E-state index contributed by atoms with van der Waals surface area (Å²) in [6.07, 6.45) is 3.20. The van der Waals surface area contributed by atoms with Gasteiger partial charge in [0, 0.05) is 0 Å². The van der Waals surface area contributed by atoms with Crippen LogP contribution in [0.5, 0.6) is 0 Å². The highest BCUT2D eigenvalue weighted by molar-refractivity contribution is 5.98. The average molecular weight is 374 g/mol. The van der Waals surface area contributed by atoms with Gasteiger partial charge in [-0.05, 0) is 36.4 Å². The van der Waals surface area contributed by atoms with Crippen molar-refractivity contribution in [3.8, 4) is 0 Å². The largest absolute Gasteiger partial charge is 0.468 e. The third-order valence-electron chi connectivity index (χ3n) is 5.13. The summed E-state index contributed by atoms with van der Waals surface area (Å²) in [5, 5.41) is 3.53. The van der Waals surface area contributed by atoms with E-state index in [1.165, 1.54) is 0 Å². The van der Waals surface area contributed by atoms with Crippen molar-refractivity contribution < 1.29 is 8.83 Å². The summed E-state index contributed by atoms with van der Waals surface area (Å²) in [6, 6.07) is 15.9. The monoisotopic (exact) mass is 374 g/mol. The van der Waals surface area contributed by atoms with Crippen LogP contribution >= 0.6 is 0 Å². The molecule has 0 fully saturated rings. The van der Waals surface area contributed by atoms with Crippen LogP contribution in [0.1, 0.15) is 17.7 Å². The number of fused-ring (bicyclic) bond motifs is 5. The van der Waals surface area contributed by atoms with Crippen LogP contribution < -0.4 is 10.2 Å². The minimum Gasteiger partial charge on any atom is -0.468 e. The first-order chi connectivity index (χ1) is 13.9. The van der Waals surface area contributed by atoms with Crippen LogP contribution in [0, 0.1) is 0 Å². The van der Waals surface area contributed by atoms with Crippen LogP contribution in [0.25, 0.3) is 11.0 Å². The Morgan fingerprint density at radius 2 is 1.93 bits per heavy atom. The number of aliphatic imine (C=N–C) groups is 1. The van der Waals surface area contributed by atoms with Crippen LogP contribution in [-0.4, -0.2) is 33.7 Å². The molecule has 1 unspecified atom stereocenters. The quantitative estimate of drug-likeness (QED) is 0.594. The van der Waals surface area contributed by atoms with E-state index in [1.807, 2.05) is 42.5 Å². The van der Waals surface area contributed by atoms with Gasteiger partial charge in [-0.3, -0.25) is 14.4 Å². The highest BCUT2D eigenvalue weighted by Gasteiger charge is 2.36. The standard InChI is InChI=1S/C20H18N6O2/c1-2-7-16-15(6-1)22-20-25-13-24(11-14-5-3-9-27-14)12-21-19(25)23-18(26(16)20)17-8-4-10-28-17/h1-10,18H,11-13H2,(H,21,23). The Balaban J connectivity index is 1.44. The van der Waals surface area contributed by atoms with E-state index in [1.54, 1.807) is 12.5 Å². The number of guanidine groups is 1. The van der Waals surface area contributed by atoms with Gasteiger partial charge in [-0.2, -0.15) is 0 Å². The molecule has 1 N–H and O–H groups in total. The van der Waals surface area contributed by atoms with Gasteiger partial charge in [0.05, 0.1) is 43.4 Å². The van der Waals surface area contributed by atoms with Gasteiger partial charge in [0.1, 0.15) is 11.5 Å². The molecule has 6 rings (SSSR count). The fourth-order valence-corrected chi connectivity index (χ4v) is 3.88. The molecule has 8 heteroatoms. The number of aromatic nitrogens is 2. The summed E-state index contributed by atoms with van der Waals surface area (Å²) < 4.78 is 13.4. The molecule has 5 heterocycles. The molecule has 140 valence electrons. The zero-order chi connectivity index (χ0) is 18.5. The Bertz CT molecular complexity index is 1150. The molecular formula is C20H18N6O2. The number of nitrogens with zero attached hydrogens (tertiary/aromatic N) is 5. The maximum atomic E-state index is 5.71. The Morgan fingerprint density at radius 1 is 1.04 bits per heavy atom. The molecule has 2 aliphatic heterocycles. The second kappa shape index (κ2) is 6.00. The molecule has 0 saturated carbocycles. The number of para-hydroxylation sites is 2. The Kier molecular flexibility index (Phi) is 3.33. The molecule has 2 aliphatic rings. The van der Waals surface area contributed by atoms with Gasteiger partial charge in [0.2, 0.25) is 11.9 Å². The van der Waals surface area contributed by atoms with Crippen LogP contribution in [0.2, 0.25) is 0 Å². The van der Waals surface area contributed by atoms with Gasteiger partial charge in [-0.25, -0.2) is 9.98 Å². The summed E-state index contributed by atoms with van der Waals surface area (Å²) in [5.74, 6) is 3.40. The summed E-state index contributed by atoms with van der Waals surface area (Å²) in [6.45, 7) is 1.95. The number of anilines is 1. The summed E-state index contributed by atoms with van der Waals surface area (Å²) in [7, 11) is 0. The minimum atomic E-state index is -0.191. The van der Waals surface area contributed by atoms with Crippen molar-refractivity contribution in [3.63, 3.8) is 0 Å². The lowest BCUT2D eigenvalue weighted by atomic mass is 10.2. The highest BCUT2D eigenvalue weighted by atomic mass is 16.3. The van der Waals surface area contributed by atoms with Gasteiger partial charge >= 0.3 is 0 Å². The van der Waals surface area contributed by atoms with Crippen molar-refractivity contribution in [1.29, 1.82) is 0 Å². The Labute approximate surface area is 160 Å². The van der Waals surface area contributed by atoms with E-state index in [9.17, 15) is 0 Å². The van der Waals surface area contributed by atoms with E-state index in [-0.39, 0.29) is 6.17 Å². The van der Waals surface area contributed by atoms with Gasteiger partial charge < -0.3 is 14.2 Å². The van der Waals surface area contributed by atoms with Crippen molar-refractivity contribution in [2.75, 3.05) is 18.2 Å². The lowest BCUT2D eigenvalue weighted by Crippen LogP contribution is -2.57. The minimum absolute atomic E-state index is 0.191. The smallest absolute Gasteiger partial charge is 0.216 e. The molecule has 28 heavy (non-hydrogen) atoms. The molecule has 0 radical (unpaired) electrons. The van der Waals surface area contributed by atoms with E-state index in [0.29, 0.717) is 19.9 Å². The van der Waals surface area contributed by atoms with Crippen molar-refractivity contribution in [2.24, 2.45) is 4.99 Å². The van der Waals surface area contributed by atoms with Gasteiger partial charge in [-0.1, -0.05) is 12.1 Å². The number of hydrogen-bond acceptors (Lipinski definition) is 7. The van der Waals surface area contributed by atoms with Crippen molar-refractivity contribution >= 4 is 22.9 Å². The van der Waals surface area contributed by atoms with Gasteiger partial charge in [-0.15, -0.1) is 0 Å². The number of benzene rings is 1. The van der Waals surface area contributed by atoms with E-state index in [2.05, 4.69) is 25.8 Å². The number of hydrogen-bond donors (Lipinski definition) is 1.